The predicted molar refractivity (Wildman–Crippen MR) is 71.6 cm³/mol. The molecule has 0 aromatic heterocycles. The number of hydrogen-bond acceptors (Lipinski definition) is 4. The average molecular weight is 280 g/mol. The summed E-state index contributed by atoms with van der Waals surface area (Å²) in [7, 11) is 0. The van der Waals surface area contributed by atoms with Crippen LogP contribution >= 0.6 is 0 Å². The van der Waals surface area contributed by atoms with Gasteiger partial charge in [-0.3, -0.25) is 14.5 Å². The molecule has 2 rings (SSSR count). The zero-order valence-corrected chi connectivity index (χ0v) is 11.3. The highest BCUT2D eigenvalue weighted by Crippen LogP contribution is 2.14. The van der Waals surface area contributed by atoms with Crippen LogP contribution in [0.15, 0.2) is 24.3 Å². The Kier molecular flexibility index (Phi) is 4.68. The minimum absolute atomic E-state index is 0.00316. The Morgan fingerprint density at radius 2 is 2.35 bits per heavy atom. The minimum atomic E-state index is -0.567. The van der Waals surface area contributed by atoms with Crippen molar-refractivity contribution in [3.63, 3.8) is 0 Å². The van der Waals surface area contributed by atoms with Crippen molar-refractivity contribution in [2.45, 2.75) is 19.4 Å². The molecule has 1 aliphatic heterocycles. The van der Waals surface area contributed by atoms with E-state index in [1.54, 1.807) is 6.07 Å². The average Bonchev–Trinajstić information content (AvgIpc) is 2.41. The van der Waals surface area contributed by atoms with Crippen molar-refractivity contribution >= 4 is 17.6 Å². The number of nitrogens with one attached hydrogen (secondary N) is 1. The maximum absolute atomic E-state index is 13.0. The molecule has 0 bridgehead atoms. The first kappa shape index (κ1) is 14.5. The molecule has 0 saturated carbocycles. The van der Waals surface area contributed by atoms with Gasteiger partial charge in [0.15, 0.2) is 0 Å². The molecule has 1 aromatic rings. The van der Waals surface area contributed by atoms with Gasteiger partial charge in [0.05, 0.1) is 6.42 Å². The van der Waals surface area contributed by atoms with Gasteiger partial charge in [-0.25, -0.2) is 4.39 Å². The second kappa shape index (κ2) is 6.47. The van der Waals surface area contributed by atoms with Gasteiger partial charge in [0.25, 0.3) is 0 Å². The van der Waals surface area contributed by atoms with Crippen LogP contribution in [-0.2, 0) is 14.3 Å². The monoisotopic (exact) mass is 280 g/mol. The van der Waals surface area contributed by atoms with Crippen LogP contribution in [0.2, 0.25) is 0 Å². The molecule has 20 heavy (non-hydrogen) atoms. The number of hydrogen-bond donors (Lipinski definition) is 1. The van der Waals surface area contributed by atoms with Gasteiger partial charge >= 0.3 is 5.97 Å². The molecule has 1 unspecified atom stereocenters. The molecule has 1 N–H and O–H groups in total. The first-order chi connectivity index (χ1) is 9.60. The fraction of sp³-hybridized carbons (Fsp3) is 0.429. The van der Waals surface area contributed by atoms with Crippen LogP contribution in [0.4, 0.5) is 10.1 Å². The smallest absolute Gasteiger partial charge is 0.323 e. The van der Waals surface area contributed by atoms with E-state index >= 15 is 0 Å². The lowest BCUT2D eigenvalue weighted by Crippen LogP contribution is -2.50. The number of cyclic esters (lactones) is 1. The number of anilines is 1. The summed E-state index contributed by atoms with van der Waals surface area (Å²) in [6.07, 6.45) is 0.00316. The summed E-state index contributed by atoms with van der Waals surface area (Å²) in [5, 5.41) is 2.58. The summed E-state index contributed by atoms with van der Waals surface area (Å²) in [5.41, 5.74) is 0.377. The van der Waals surface area contributed by atoms with Crippen LogP contribution < -0.4 is 5.32 Å². The number of morpholine rings is 1. The Hall–Kier alpha value is -1.95. The summed E-state index contributed by atoms with van der Waals surface area (Å²) >= 11 is 0. The molecular formula is C14H17FN2O3. The van der Waals surface area contributed by atoms with E-state index in [2.05, 4.69) is 5.32 Å². The minimum Gasteiger partial charge on any atom is -0.463 e. The summed E-state index contributed by atoms with van der Waals surface area (Å²) in [6.45, 7) is 3.58. The Labute approximate surface area is 116 Å². The Balaban J connectivity index is 1.97. The third-order valence-electron chi connectivity index (χ3n) is 3.23. The third kappa shape index (κ3) is 3.54. The van der Waals surface area contributed by atoms with E-state index in [-0.39, 0.29) is 18.3 Å². The molecule has 0 aliphatic carbocycles. The molecule has 1 aromatic carbocycles. The maximum atomic E-state index is 13.0. The molecule has 1 amide bonds. The quantitative estimate of drug-likeness (QED) is 0.847. The fourth-order valence-corrected chi connectivity index (χ4v) is 2.21. The predicted octanol–water partition coefficient (Wildman–Crippen LogP) is 1.40. The fourth-order valence-electron chi connectivity index (χ4n) is 2.21. The summed E-state index contributed by atoms with van der Waals surface area (Å²) in [6, 6.07) is 5.07. The van der Waals surface area contributed by atoms with Crippen molar-refractivity contribution in [1.29, 1.82) is 0 Å². The van der Waals surface area contributed by atoms with Gasteiger partial charge in [0.1, 0.15) is 18.5 Å². The van der Waals surface area contributed by atoms with E-state index in [1.807, 2.05) is 11.8 Å². The van der Waals surface area contributed by atoms with Crippen LogP contribution in [-0.4, -0.2) is 42.5 Å². The zero-order chi connectivity index (χ0) is 14.5. The Morgan fingerprint density at radius 3 is 3.05 bits per heavy atom. The molecule has 108 valence electrons. The van der Waals surface area contributed by atoms with Crippen molar-refractivity contribution in [2.24, 2.45) is 0 Å². The topological polar surface area (TPSA) is 58.6 Å². The molecule has 1 fully saturated rings. The largest absolute Gasteiger partial charge is 0.463 e. The molecular weight excluding hydrogens is 263 g/mol. The normalized spacial score (nSPS) is 19.5. The Bertz CT molecular complexity index is 507. The van der Waals surface area contributed by atoms with Gasteiger partial charge in [-0.05, 0) is 24.7 Å². The molecule has 0 radical (unpaired) electrons. The Morgan fingerprint density at radius 1 is 1.55 bits per heavy atom. The number of rotatable bonds is 4. The number of carbonyl (C=O) groups is 2. The lowest BCUT2D eigenvalue weighted by atomic mass is 10.1. The number of amides is 1. The summed E-state index contributed by atoms with van der Waals surface area (Å²) in [5.74, 6) is -1.14. The van der Waals surface area contributed by atoms with Crippen molar-refractivity contribution in [3.05, 3.63) is 30.1 Å². The number of nitrogens with zero attached hydrogens (tertiary/aromatic N) is 1. The van der Waals surface area contributed by atoms with E-state index < -0.39 is 11.9 Å². The first-order valence-electron chi connectivity index (χ1n) is 6.56. The van der Waals surface area contributed by atoms with Gasteiger partial charge < -0.3 is 10.1 Å². The molecule has 0 spiro atoms. The standard InChI is InChI=1S/C14H17FN2O3/c1-2-17-6-7-20-14(19)12(17)9-13(18)16-11-5-3-4-10(15)8-11/h3-5,8,12H,2,6-7,9H2,1H3,(H,16,18). The van der Waals surface area contributed by atoms with Gasteiger partial charge in [-0.1, -0.05) is 13.0 Å². The summed E-state index contributed by atoms with van der Waals surface area (Å²) < 4.78 is 18.0. The highest BCUT2D eigenvalue weighted by atomic mass is 19.1. The second-order valence-corrected chi connectivity index (χ2v) is 4.57. The van der Waals surface area contributed by atoms with Gasteiger partial charge in [-0.15, -0.1) is 0 Å². The molecule has 6 heteroatoms. The van der Waals surface area contributed by atoms with Gasteiger partial charge in [0.2, 0.25) is 5.91 Å². The lowest BCUT2D eigenvalue weighted by Gasteiger charge is -2.32. The number of carbonyl (C=O) groups excluding carboxylic acids is 2. The molecule has 1 heterocycles. The van der Waals surface area contributed by atoms with Crippen LogP contribution in [0.1, 0.15) is 13.3 Å². The lowest BCUT2D eigenvalue weighted by molar-refractivity contribution is -0.158. The maximum Gasteiger partial charge on any atom is 0.323 e. The number of esters is 1. The van der Waals surface area contributed by atoms with E-state index in [0.29, 0.717) is 25.4 Å². The SMILES string of the molecule is CCN1CCOC(=O)C1CC(=O)Nc1cccc(F)c1. The summed E-state index contributed by atoms with van der Waals surface area (Å²) in [4.78, 5) is 25.5. The van der Waals surface area contributed by atoms with E-state index in [4.69, 9.17) is 4.74 Å². The highest BCUT2D eigenvalue weighted by Gasteiger charge is 2.32. The van der Waals surface area contributed by atoms with E-state index in [1.165, 1.54) is 18.2 Å². The van der Waals surface area contributed by atoms with E-state index in [0.717, 1.165) is 0 Å². The van der Waals surface area contributed by atoms with Gasteiger partial charge in [0, 0.05) is 12.2 Å². The zero-order valence-electron chi connectivity index (χ0n) is 11.3. The van der Waals surface area contributed by atoms with Gasteiger partial charge in [-0.2, -0.15) is 0 Å². The van der Waals surface area contributed by atoms with Crippen molar-refractivity contribution < 1.29 is 18.7 Å². The van der Waals surface area contributed by atoms with E-state index in [9.17, 15) is 14.0 Å². The second-order valence-electron chi connectivity index (χ2n) is 4.57. The number of ether oxygens (including phenoxy) is 1. The van der Waals surface area contributed by atoms with Crippen molar-refractivity contribution in [2.75, 3.05) is 25.0 Å². The van der Waals surface area contributed by atoms with Crippen molar-refractivity contribution in [3.8, 4) is 0 Å². The number of likely N-dealkylation sites (N-methyl/N-ethyl adjacent to an activating group) is 1. The van der Waals surface area contributed by atoms with Crippen LogP contribution in [0.25, 0.3) is 0 Å². The van der Waals surface area contributed by atoms with Crippen LogP contribution in [0.3, 0.4) is 0 Å². The molecule has 5 nitrogen and oxygen atoms in total. The molecule has 1 aliphatic rings. The first-order valence-corrected chi connectivity index (χ1v) is 6.56. The van der Waals surface area contributed by atoms with Crippen LogP contribution in [0, 0.1) is 5.82 Å². The molecule has 1 atom stereocenters. The number of halogens is 1. The number of benzene rings is 1. The molecule has 1 saturated heterocycles. The third-order valence-corrected chi connectivity index (χ3v) is 3.23. The highest BCUT2D eigenvalue weighted by molar-refractivity contribution is 5.94. The van der Waals surface area contributed by atoms with Crippen molar-refractivity contribution in [1.82, 2.24) is 4.90 Å². The van der Waals surface area contributed by atoms with Crippen LogP contribution in [0.5, 0.6) is 0 Å².